The highest BCUT2D eigenvalue weighted by Gasteiger charge is 2.20. The maximum atomic E-state index is 12.1. The van der Waals surface area contributed by atoms with Crippen LogP contribution in [0.3, 0.4) is 0 Å². The van der Waals surface area contributed by atoms with Gasteiger partial charge in [-0.05, 0) is 33.8 Å². The van der Waals surface area contributed by atoms with Gasteiger partial charge in [-0.3, -0.25) is 9.48 Å². The summed E-state index contributed by atoms with van der Waals surface area (Å²) in [5.41, 5.74) is 3.57. The van der Waals surface area contributed by atoms with Gasteiger partial charge in [-0.1, -0.05) is 0 Å². The minimum Gasteiger partial charge on any atom is -0.315 e. The Morgan fingerprint density at radius 2 is 2.16 bits per heavy atom. The molecule has 0 aliphatic heterocycles. The molecule has 102 valence electrons. The van der Waals surface area contributed by atoms with E-state index >= 15 is 0 Å². The highest BCUT2D eigenvalue weighted by atomic mass is 35.5. The first kappa shape index (κ1) is 13.9. The van der Waals surface area contributed by atoms with Crippen LogP contribution >= 0.6 is 11.6 Å². The van der Waals surface area contributed by atoms with Gasteiger partial charge in [0.2, 0.25) is 0 Å². The molecule has 0 aromatic carbocycles. The summed E-state index contributed by atoms with van der Waals surface area (Å²) in [4.78, 5) is 12.1. The Morgan fingerprint density at radius 3 is 2.68 bits per heavy atom. The minimum absolute atomic E-state index is 0.0381. The van der Waals surface area contributed by atoms with Crippen LogP contribution < -0.4 is 0 Å². The summed E-state index contributed by atoms with van der Waals surface area (Å²) in [6, 6.07) is 1.89. The van der Waals surface area contributed by atoms with Gasteiger partial charge in [-0.15, -0.1) is 11.6 Å². The molecule has 0 bridgehead atoms. The van der Waals surface area contributed by atoms with Crippen molar-refractivity contribution in [1.29, 1.82) is 0 Å². The maximum Gasteiger partial charge on any atom is 0.182 e. The fraction of sp³-hybridized carbons (Fsp3) is 0.429. The predicted molar refractivity (Wildman–Crippen MR) is 76.3 cm³/mol. The number of carbonyl (C=O) groups excluding carboxylic acids is 1. The number of aromatic nitrogens is 3. The first-order valence-corrected chi connectivity index (χ1v) is 6.79. The molecule has 0 aliphatic rings. The summed E-state index contributed by atoms with van der Waals surface area (Å²) in [7, 11) is 0. The predicted octanol–water partition coefficient (Wildman–Crippen LogP) is 3.12. The summed E-state index contributed by atoms with van der Waals surface area (Å²) in [5.74, 6) is -0.0381. The van der Waals surface area contributed by atoms with Crippen LogP contribution in [0.1, 0.15) is 35.6 Å². The number of carbonyl (C=O) groups is 1. The second kappa shape index (κ2) is 5.21. The van der Waals surface area contributed by atoms with Crippen molar-refractivity contribution in [2.45, 2.75) is 39.6 Å². The van der Waals surface area contributed by atoms with Crippen molar-refractivity contribution in [1.82, 2.24) is 14.3 Å². The lowest BCUT2D eigenvalue weighted by Crippen LogP contribution is -2.11. The molecule has 2 aromatic heterocycles. The summed E-state index contributed by atoms with van der Waals surface area (Å²) in [5, 5.41) is 3.76. The second-order valence-corrected chi connectivity index (χ2v) is 5.31. The van der Waals surface area contributed by atoms with Crippen molar-refractivity contribution in [2.75, 3.05) is 0 Å². The smallest absolute Gasteiger partial charge is 0.182 e. The molecule has 2 heterocycles. The van der Waals surface area contributed by atoms with E-state index in [9.17, 15) is 4.79 Å². The van der Waals surface area contributed by atoms with E-state index in [-0.39, 0.29) is 5.78 Å². The third-order valence-electron chi connectivity index (χ3n) is 3.26. The third-order valence-corrected chi connectivity index (χ3v) is 3.46. The number of nitrogens with zero attached hydrogens (tertiary/aromatic N) is 3. The number of halogens is 1. The lowest BCUT2D eigenvalue weighted by molar-refractivity contribution is 0.0991. The molecule has 19 heavy (non-hydrogen) atoms. The summed E-state index contributed by atoms with van der Waals surface area (Å²) < 4.78 is 3.89. The van der Waals surface area contributed by atoms with Crippen molar-refractivity contribution < 1.29 is 4.79 Å². The molecule has 0 fully saturated rings. The van der Waals surface area contributed by atoms with Crippen molar-refractivity contribution in [3.63, 3.8) is 0 Å². The van der Waals surface area contributed by atoms with E-state index in [1.54, 1.807) is 6.92 Å². The van der Waals surface area contributed by atoms with Gasteiger partial charge in [-0.2, -0.15) is 5.10 Å². The van der Waals surface area contributed by atoms with Crippen LogP contribution in [0, 0.1) is 13.8 Å². The van der Waals surface area contributed by atoms with Gasteiger partial charge in [-0.25, -0.2) is 0 Å². The summed E-state index contributed by atoms with van der Waals surface area (Å²) in [6.45, 7) is 8.47. The topological polar surface area (TPSA) is 39.8 Å². The molecule has 1 atom stereocenters. The SMILES string of the molecule is CCn1cc(-n2c(C)cc(C(=O)C(C)Cl)c2C)cn1. The van der Waals surface area contributed by atoms with E-state index < -0.39 is 5.38 Å². The Bertz CT molecular complexity index is 610. The largest absolute Gasteiger partial charge is 0.315 e. The molecular weight excluding hydrogens is 262 g/mol. The highest BCUT2D eigenvalue weighted by Crippen LogP contribution is 2.22. The van der Waals surface area contributed by atoms with Gasteiger partial charge < -0.3 is 4.57 Å². The summed E-state index contributed by atoms with van der Waals surface area (Å²) >= 11 is 5.89. The Hall–Kier alpha value is -1.55. The zero-order valence-corrected chi connectivity index (χ0v) is 12.4. The van der Waals surface area contributed by atoms with Crippen molar-refractivity contribution >= 4 is 17.4 Å². The fourth-order valence-electron chi connectivity index (χ4n) is 2.26. The molecule has 5 heteroatoms. The van der Waals surface area contributed by atoms with Gasteiger partial charge in [0, 0.05) is 29.7 Å². The van der Waals surface area contributed by atoms with Gasteiger partial charge >= 0.3 is 0 Å². The molecule has 2 rings (SSSR count). The average Bonchev–Trinajstić information content (AvgIpc) is 2.93. The lowest BCUT2D eigenvalue weighted by Gasteiger charge is -2.07. The molecule has 0 radical (unpaired) electrons. The summed E-state index contributed by atoms with van der Waals surface area (Å²) in [6.07, 6.45) is 3.78. The fourth-order valence-corrected chi connectivity index (χ4v) is 2.38. The second-order valence-electron chi connectivity index (χ2n) is 4.65. The van der Waals surface area contributed by atoms with Crippen LogP contribution in [0.2, 0.25) is 0 Å². The van der Waals surface area contributed by atoms with Crippen molar-refractivity contribution in [3.05, 3.63) is 35.4 Å². The van der Waals surface area contributed by atoms with E-state index in [1.165, 1.54) is 0 Å². The monoisotopic (exact) mass is 279 g/mol. The standard InChI is InChI=1S/C14H18ClN3O/c1-5-17-8-12(7-16-17)18-9(2)6-13(11(18)4)14(19)10(3)15/h6-8,10H,5H2,1-4H3. The minimum atomic E-state index is -0.507. The van der Waals surface area contributed by atoms with Gasteiger partial charge in [0.1, 0.15) is 0 Å². The molecule has 0 amide bonds. The van der Waals surface area contributed by atoms with Gasteiger partial charge in [0.15, 0.2) is 5.78 Å². The van der Waals surface area contributed by atoms with Gasteiger partial charge in [0.05, 0.1) is 17.3 Å². The molecule has 0 spiro atoms. The molecule has 0 aliphatic carbocycles. The normalized spacial score (nSPS) is 12.7. The number of Topliss-reactive ketones (excluding diaryl/α,β-unsaturated/α-hetero) is 1. The zero-order chi connectivity index (χ0) is 14.2. The Balaban J connectivity index is 2.50. The number of hydrogen-bond donors (Lipinski definition) is 0. The number of hydrogen-bond acceptors (Lipinski definition) is 2. The lowest BCUT2D eigenvalue weighted by atomic mass is 10.1. The Kier molecular flexibility index (Phi) is 3.80. The molecule has 0 saturated heterocycles. The number of alkyl halides is 1. The van der Waals surface area contributed by atoms with Crippen LogP contribution in [-0.2, 0) is 6.54 Å². The van der Waals surface area contributed by atoms with Crippen LogP contribution in [-0.4, -0.2) is 25.5 Å². The van der Waals surface area contributed by atoms with Gasteiger partial charge in [0.25, 0.3) is 0 Å². The van der Waals surface area contributed by atoms with Crippen LogP contribution in [0.15, 0.2) is 18.5 Å². The molecular formula is C14H18ClN3O. The first-order chi connectivity index (χ1) is 8.95. The first-order valence-electron chi connectivity index (χ1n) is 6.35. The quantitative estimate of drug-likeness (QED) is 0.637. The number of aryl methyl sites for hydroxylation is 2. The molecule has 4 nitrogen and oxygen atoms in total. The third kappa shape index (κ3) is 2.45. The van der Waals surface area contributed by atoms with E-state index in [0.29, 0.717) is 5.56 Å². The Morgan fingerprint density at radius 1 is 1.47 bits per heavy atom. The Labute approximate surface area is 118 Å². The van der Waals surface area contributed by atoms with E-state index in [4.69, 9.17) is 11.6 Å². The molecule has 1 unspecified atom stereocenters. The van der Waals surface area contributed by atoms with Crippen molar-refractivity contribution in [3.8, 4) is 5.69 Å². The zero-order valence-electron chi connectivity index (χ0n) is 11.6. The highest BCUT2D eigenvalue weighted by molar-refractivity contribution is 6.33. The van der Waals surface area contributed by atoms with Crippen LogP contribution in [0.4, 0.5) is 0 Å². The van der Waals surface area contributed by atoms with Crippen LogP contribution in [0.5, 0.6) is 0 Å². The molecule has 2 aromatic rings. The van der Waals surface area contributed by atoms with E-state index in [1.807, 2.05) is 48.5 Å². The molecule has 0 saturated carbocycles. The van der Waals surface area contributed by atoms with E-state index in [0.717, 1.165) is 23.6 Å². The number of rotatable bonds is 4. The molecule has 0 N–H and O–H groups in total. The maximum absolute atomic E-state index is 12.1. The van der Waals surface area contributed by atoms with Crippen LogP contribution in [0.25, 0.3) is 5.69 Å². The van der Waals surface area contributed by atoms with E-state index in [2.05, 4.69) is 5.10 Å². The van der Waals surface area contributed by atoms with Crippen molar-refractivity contribution in [2.24, 2.45) is 0 Å². The average molecular weight is 280 g/mol. The number of ketones is 1.